The van der Waals surface area contributed by atoms with Gasteiger partial charge in [-0.3, -0.25) is 4.79 Å². The average molecular weight is 227 g/mol. The molecule has 2 aromatic carbocycles. The predicted octanol–water partition coefficient (Wildman–Crippen LogP) is 1.66. The molecule has 17 heavy (non-hydrogen) atoms. The lowest BCUT2D eigenvalue weighted by atomic mass is 10.0. The Labute approximate surface area is 99.0 Å². The quantitative estimate of drug-likeness (QED) is 0.537. The SMILES string of the molecule is Nc1ccc(C(=O)c2cccc(N)c2N)cc1. The third-order valence-electron chi connectivity index (χ3n) is 2.56. The minimum atomic E-state index is -0.158. The number of hydrogen-bond donors (Lipinski definition) is 3. The molecular weight excluding hydrogens is 214 g/mol. The second-order valence-electron chi connectivity index (χ2n) is 3.76. The zero-order valence-electron chi connectivity index (χ0n) is 9.18. The van der Waals surface area contributed by atoms with Gasteiger partial charge in [0.05, 0.1) is 11.4 Å². The lowest BCUT2D eigenvalue weighted by Gasteiger charge is -2.07. The van der Waals surface area contributed by atoms with Crippen molar-refractivity contribution in [3.8, 4) is 0 Å². The minimum absolute atomic E-state index is 0.158. The van der Waals surface area contributed by atoms with Crippen LogP contribution in [-0.2, 0) is 0 Å². The molecule has 0 aliphatic heterocycles. The molecule has 0 heterocycles. The molecule has 0 bridgehead atoms. The van der Waals surface area contributed by atoms with Crippen LogP contribution in [0.4, 0.5) is 17.1 Å². The average Bonchev–Trinajstić information content (AvgIpc) is 2.33. The van der Waals surface area contributed by atoms with Gasteiger partial charge in [0, 0.05) is 16.8 Å². The van der Waals surface area contributed by atoms with Gasteiger partial charge in [0.15, 0.2) is 5.78 Å². The second-order valence-corrected chi connectivity index (χ2v) is 3.76. The molecule has 0 spiro atoms. The molecule has 86 valence electrons. The van der Waals surface area contributed by atoms with E-state index in [0.29, 0.717) is 28.2 Å². The van der Waals surface area contributed by atoms with Crippen molar-refractivity contribution in [1.82, 2.24) is 0 Å². The highest BCUT2D eigenvalue weighted by Gasteiger charge is 2.13. The highest BCUT2D eigenvalue weighted by atomic mass is 16.1. The first-order valence-electron chi connectivity index (χ1n) is 5.14. The van der Waals surface area contributed by atoms with Crippen LogP contribution in [0.2, 0.25) is 0 Å². The lowest BCUT2D eigenvalue weighted by Crippen LogP contribution is -2.07. The molecule has 2 aromatic rings. The first kappa shape index (κ1) is 11.0. The monoisotopic (exact) mass is 227 g/mol. The lowest BCUT2D eigenvalue weighted by molar-refractivity contribution is 0.103. The number of carbonyl (C=O) groups is 1. The van der Waals surface area contributed by atoms with Crippen LogP contribution in [0, 0.1) is 0 Å². The number of carbonyl (C=O) groups excluding carboxylic acids is 1. The van der Waals surface area contributed by atoms with Crippen LogP contribution in [0.3, 0.4) is 0 Å². The number of anilines is 3. The number of ketones is 1. The Morgan fingerprint density at radius 3 is 2.18 bits per heavy atom. The Morgan fingerprint density at radius 1 is 0.882 bits per heavy atom. The van der Waals surface area contributed by atoms with Crippen LogP contribution in [-0.4, -0.2) is 5.78 Å². The van der Waals surface area contributed by atoms with Gasteiger partial charge < -0.3 is 17.2 Å². The van der Waals surface area contributed by atoms with E-state index in [1.807, 2.05) is 0 Å². The third kappa shape index (κ3) is 2.06. The van der Waals surface area contributed by atoms with Crippen LogP contribution < -0.4 is 17.2 Å². The van der Waals surface area contributed by atoms with Gasteiger partial charge in [-0.25, -0.2) is 0 Å². The van der Waals surface area contributed by atoms with Gasteiger partial charge in [0.1, 0.15) is 0 Å². The van der Waals surface area contributed by atoms with Crippen molar-refractivity contribution in [3.05, 3.63) is 53.6 Å². The molecule has 0 amide bonds. The number of benzene rings is 2. The molecule has 0 unspecified atom stereocenters. The summed E-state index contributed by atoms with van der Waals surface area (Å²) in [4.78, 5) is 12.2. The van der Waals surface area contributed by atoms with Crippen LogP contribution >= 0.6 is 0 Å². The summed E-state index contributed by atoms with van der Waals surface area (Å²) < 4.78 is 0. The molecule has 4 heteroatoms. The predicted molar refractivity (Wildman–Crippen MR) is 69.6 cm³/mol. The molecule has 0 aromatic heterocycles. The topological polar surface area (TPSA) is 95.1 Å². The molecule has 0 fully saturated rings. The summed E-state index contributed by atoms with van der Waals surface area (Å²) in [6, 6.07) is 11.7. The normalized spacial score (nSPS) is 10.1. The molecule has 0 saturated carbocycles. The fourth-order valence-corrected chi connectivity index (χ4v) is 1.57. The molecule has 2 rings (SSSR count). The van der Waals surface area contributed by atoms with E-state index in [1.165, 1.54) is 0 Å². The van der Waals surface area contributed by atoms with Crippen LogP contribution in [0.25, 0.3) is 0 Å². The Bertz CT molecular complexity index is 561. The summed E-state index contributed by atoms with van der Waals surface area (Å²) in [5.41, 5.74) is 19.3. The maximum atomic E-state index is 12.2. The molecule has 0 radical (unpaired) electrons. The molecular formula is C13H13N3O. The van der Waals surface area contributed by atoms with Crippen LogP contribution in [0.15, 0.2) is 42.5 Å². The van der Waals surface area contributed by atoms with E-state index in [4.69, 9.17) is 17.2 Å². The van der Waals surface area contributed by atoms with Gasteiger partial charge in [0.2, 0.25) is 0 Å². The summed E-state index contributed by atoms with van der Waals surface area (Å²) in [5, 5.41) is 0. The van der Waals surface area contributed by atoms with Gasteiger partial charge in [-0.15, -0.1) is 0 Å². The molecule has 0 aliphatic rings. The number of para-hydroxylation sites is 1. The first-order valence-corrected chi connectivity index (χ1v) is 5.14. The smallest absolute Gasteiger partial charge is 0.195 e. The number of nitrogen functional groups attached to an aromatic ring is 3. The maximum Gasteiger partial charge on any atom is 0.195 e. The third-order valence-corrected chi connectivity index (χ3v) is 2.56. The van der Waals surface area contributed by atoms with Crippen molar-refractivity contribution in [2.45, 2.75) is 0 Å². The molecule has 0 aliphatic carbocycles. The van der Waals surface area contributed by atoms with E-state index in [9.17, 15) is 4.79 Å². The van der Waals surface area contributed by atoms with Gasteiger partial charge in [0.25, 0.3) is 0 Å². The number of nitrogens with two attached hydrogens (primary N) is 3. The molecule has 4 nitrogen and oxygen atoms in total. The summed E-state index contributed by atoms with van der Waals surface area (Å²) in [6.07, 6.45) is 0. The first-order chi connectivity index (χ1) is 8.09. The zero-order valence-corrected chi connectivity index (χ0v) is 9.18. The van der Waals surface area contributed by atoms with Crippen molar-refractivity contribution in [2.24, 2.45) is 0 Å². The van der Waals surface area contributed by atoms with E-state index in [1.54, 1.807) is 42.5 Å². The van der Waals surface area contributed by atoms with Crippen molar-refractivity contribution in [3.63, 3.8) is 0 Å². The second kappa shape index (κ2) is 4.17. The standard InChI is InChI=1S/C13H13N3O/c14-9-6-4-8(5-7-9)13(17)10-2-1-3-11(15)12(10)16/h1-7H,14-16H2. The Balaban J connectivity index is 2.44. The zero-order chi connectivity index (χ0) is 12.4. The fourth-order valence-electron chi connectivity index (χ4n) is 1.57. The van der Waals surface area contributed by atoms with Crippen molar-refractivity contribution in [1.29, 1.82) is 0 Å². The Morgan fingerprint density at radius 2 is 1.53 bits per heavy atom. The van der Waals surface area contributed by atoms with E-state index < -0.39 is 0 Å². The van der Waals surface area contributed by atoms with Gasteiger partial charge >= 0.3 is 0 Å². The van der Waals surface area contributed by atoms with Crippen LogP contribution in [0.1, 0.15) is 15.9 Å². The van der Waals surface area contributed by atoms with Gasteiger partial charge in [-0.05, 0) is 36.4 Å². The highest BCUT2D eigenvalue weighted by molar-refractivity contribution is 6.13. The largest absolute Gasteiger partial charge is 0.399 e. The van der Waals surface area contributed by atoms with E-state index in [-0.39, 0.29) is 5.78 Å². The van der Waals surface area contributed by atoms with Gasteiger partial charge in [-0.1, -0.05) is 6.07 Å². The van der Waals surface area contributed by atoms with E-state index in [2.05, 4.69) is 0 Å². The number of hydrogen-bond acceptors (Lipinski definition) is 4. The summed E-state index contributed by atoms with van der Waals surface area (Å²) in [6.45, 7) is 0. The summed E-state index contributed by atoms with van der Waals surface area (Å²) in [7, 11) is 0. The molecule has 0 saturated heterocycles. The summed E-state index contributed by atoms with van der Waals surface area (Å²) in [5.74, 6) is -0.158. The maximum absolute atomic E-state index is 12.2. The van der Waals surface area contributed by atoms with E-state index >= 15 is 0 Å². The number of rotatable bonds is 2. The van der Waals surface area contributed by atoms with E-state index in [0.717, 1.165) is 0 Å². The highest BCUT2D eigenvalue weighted by Crippen LogP contribution is 2.22. The summed E-state index contributed by atoms with van der Waals surface area (Å²) >= 11 is 0. The van der Waals surface area contributed by atoms with Crippen LogP contribution in [0.5, 0.6) is 0 Å². The van der Waals surface area contributed by atoms with Crippen molar-refractivity contribution in [2.75, 3.05) is 17.2 Å². The van der Waals surface area contributed by atoms with Crippen molar-refractivity contribution >= 4 is 22.8 Å². The van der Waals surface area contributed by atoms with Gasteiger partial charge in [-0.2, -0.15) is 0 Å². The van der Waals surface area contributed by atoms with Crippen molar-refractivity contribution < 1.29 is 4.79 Å². The fraction of sp³-hybridized carbons (Fsp3) is 0. The minimum Gasteiger partial charge on any atom is -0.399 e. The Kier molecular flexibility index (Phi) is 2.70. The molecule has 0 atom stereocenters. The molecule has 6 N–H and O–H groups in total. The Hall–Kier alpha value is -2.49.